The lowest BCUT2D eigenvalue weighted by molar-refractivity contribution is 0.0697. The summed E-state index contributed by atoms with van der Waals surface area (Å²) in [5.41, 5.74) is 1.36. The first-order valence-corrected chi connectivity index (χ1v) is 5.97. The van der Waals surface area contributed by atoms with Gasteiger partial charge in [0.2, 0.25) is 0 Å². The smallest absolute Gasteiger partial charge is 0.337 e. The van der Waals surface area contributed by atoms with Gasteiger partial charge in [-0.3, -0.25) is 0 Å². The highest BCUT2D eigenvalue weighted by atomic mass is 16.5. The lowest BCUT2D eigenvalue weighted by Gasteiger charge is -2.14. The fraction of sp³-hybridized carbons (Fsp3) is 0.133. The second-order valence-corrected chi connectivity index (χ2v) is 4.05. The number of hydrogen-bond acceptors (Lipinski definition) is 4. The minimum absolute atomic E-state index is 0.117. The normalized spacial score (nSPS) is 9.90. The van der Waals surface area contributed by atoms with Crippen LogP contribution in [-0.4, -0.2) is 25.3 Å². The molecule has 0 amide bonds. The topological polar surface area (TPSA) is 67.8 Å². The van der Waals surface area contributed by atoms with Crippen molar-refractivity contribution in [2.75, 3.05) is 19.5 Å². The quantitative estimate of drug-likeness (QED) is 0.876. The van der Waals surface area contributed by atoms with Crippen molar-refractivity contribution >= 4 is 17.3 Å². The Hall–Kier alpha value is -2.69. The Kier molecular flexibility index (Phi) is 4.10. The highest BCUT2D eigenvalue weighted by molar-refractivity contribution is 5.96. The Morgan fingerprint density at radius 3 is 2.20 bits per heavy atom. The zero-order valence-corrected chi connectivity index (χ0v) is 11.2. The average molecular weight is 273 g/mol. The molecule has 0 heterocycles. The lowest BCUT2D eigenvalue weighted by Crippen LogP contribution is -2.04. The van der Waals surface area contributed by atoms with Gasteiger partial charge in [-0.05, 0) is 12.1 Å². The molecule has 2 aromatic carbocycles. The summed E-state index contributed by atoms with van der Waals surface area (Å²) < 4.78 is 10.3. The Balaban J connectivity index is 2.47. The second-order valence-electron chi connectivity index (χ2n) is 4.05. The van der Waals surface area contributed by atoms with Gasteiger partial charge in [-0.2, -0.15) is 0 Å². The minimum Gasteiger partial charge on any atom is -0.493 e. The Bertz CT molecular complexity index is 611. The van der Waals surface area contributed by atoms with Crippen molar-refractivity contribution < 1.29 is 19.4 Å². The molecule has 5 heteroatoms. The van der Waals surface area contributed by atoms with Crippen LogP contribution in [0.1, 0.15) is 10.4 Å². The van der Waals surface area contributed by atoms with Crippen molar-refractivity contribution in [2.45, 2.75) is 0 Å². The molecule has 2 aromatic rings. The predicted molar refractivity (Wildman–Crippen MR) is 76.2 cm³/mol. The molecular formula is C15H15NO4. The number of hydrogen-bond donors (Lipinski definition) is 2. The van der Waals surface area contributed by atoms with Crippen molar-refractivity contribution in [3.8, 4) is 11.5 Å². The summed E-state index contributed by atoms with van der Waals surface area (Å²) in [7, 11) is 2.97. The molecule has 0 aliphatic carbocycles. The van der Waals surface area contributed by atoms with E-state index in [4.69, 9.17) is 9.47 Å². The molecule has 0 aliphatic rings. The number of carboxylic acids is 1. The van der Waals surface area contributed by atoms with Gasteiger partial charge in [0.25, 0.3) is 0 Å². The zero-order valence-electron chi connectivity index (χ0n) is 11.2. The van der Waals surface area contributed by atoms with Crippen LogP contribution >= 0.6 is 0 Å². The number of carbonyl (C=O) groups is 1. The molecule has 0 bridgehead atoms. The average Bonchev–Trinajstić information content (AvgIpc) is 2.47. The first kappa shape index (κ1) is 13.7. The molecule has 0 aliphatic heterocycles. The number of nitrogens with one attached hydrogen (secondary N) is 1. The molecule has 5 nitrogen and oxygen atoms in total. The molecule has 2 rings (SSSR count). The monoisotopic (exact) mass is 273 g/mol. The van der Waals surface area contributed by atoms with Gasteiger partial charge < -0.3 is 19.9 Å². The van der Waals surface area contributed by atoms with E-state index < -0.39 is 5.97 Å². The van der Waals surface area contributed by atoms with Crippen LogP contribution in [0.2, 0.25) is 0 Å². The summed E-state index contributed by atoms with van der Waals surface area (Å²) in [6, 6.07) is 12.4. The summed E-state index contributed by atoms with van der Waals surface area (Å²) in [5.74, 6) is -0.191. The Labute approximate surface area is 116 Å². The molecule has 2 N–H and O–H groups in total. The molecule has 0 saturated carbocycles. The van der Waals surface area contributed by atoms with Crippen LogP contribution in [0.3, 0.4) is 0 Å². The van der Waals surface area contributed by atoms with Crippen molar-refractivity contribution in [1.29, 1.82) is 0 Å². The molecule has 0 aromatic heterocycles. The van der Waals surface area contributed by atoms with Gasteiger partial charge in [-0.25, -0.2) is 4.79 Å². The van der Waals surface area contributed by atoms with E-state index in [0.29, 0.717) is 17.2 Å². The van der Waals surface area contributed by atoms with Crippen molar-refractivity contribution in [3.05, 3.63) is 48.0 Å². The summed E-state index contributed by atoms with van der Waals surface area (Å²) in [6.45, 7) is 0. The minimum atomic E-state index is -1.04. The van der Waals surface area contributed by atoms with E-state index in [9.17, 15) is 9.90 Å². The van der Waals surface area contributed by atoms with Gasteiger partial charge >= 0.3 is 5.97 Å². The van der Waals surface area contributed by atoms with Gasteiger partial charge in [0.05, 0.1) is 25.5 Å². The third-order valence-electron chi connectivity index (χ3n) is 2.81. The summed E-state index contributed by atoms with van der Waals surface area (Å²) in [6.07, 6.45) is 0. The zero-order chi connectivity index (χ0) is 14.5. The first-order chi connectivity index (χ1) is 9.65. The molecular weight excluding hydrogens is 258 g/mol. The van der Waals surface area contributed by atoms with Crippen LogP contribution in [0.15, 0.2) is 42.5 Å². The largest absolute Gasteiger partial charge is 0.493 e. The highest BCUT2D eigenvalue weighted by Gasteiger charge is 2.16. The van der Waals surface area contributed by atoms with Crippen LogP contribution in [0, 0.1) is 0 Å². The SMILES string of the molecule is COc1cc(Nc2ccccc2)c(C(=O)O)cc1OC. The molecule has 0 spiro atoms. The van der Waals surface area contributed by atoms with Crippen molar-refractivity contribution in [3.63, 3.8) is 0 Å². The third-order valence-corrected chi connectivity index (χ3v) is 2.81. The van der Waals surface area contributed by atoms with Crippen LogP contribution in [0.25, 0.3) is 0 Å². The van der Waals surface area contributed by atoms with E-state index >= 15 is 0 Å². The number of carboxylic acid groups (broad SMARTS) is 1. The van der Waals surface area contributed by atoms with E-state index in [1.165, 1.54) is 20.3 Å². The number of rotatable bonds is 5. The van der Waals surface area contributed by atoms with E-state index in [1.807, 2.05) is 30.3 Å². The van der Waals surface area contributed by atoms with E-state index in [1.54, 1.807) is 6.07 Å². The number of anilines is 2. The Morgan fingerprint density at radius 2 is 1.65 bits per heavy atom. The number of aromatic carboxylic acids is 1. The molecule has 0 atom stereocenters. The van der Waals surface area contributed by atoms with Crippen LogP contribution in [-0.2, 0) is 0 Å². The van der Waals surface area contributed by atoms with Gasteiger partial charge in [0, 0.05) is 17.8 Å². The molecule has 0 saturated heterocycles. The van der Waals surface area contributed by atoms with E-state index in [2.05, 4.69) is 5.32 Å². The molecule has 104 valence electrons. The summed E-state index contributed by atoms with van der Waals surface area (Å²) >= 11 is 0. The van der Waals surface area contributed by atoms with Gasteiger partial charge in [-0.15, -0.1) is 0 Å². The van der Waals surface area contributed by atoms with Gasteiger partial charge in [0.1, 0.15) is 0 Å². The van der Waals surface area contributed by atoms with Crippen molar-refractivity contribution in [1.82, 2.24) is 0 Å². The van der Waals surface area contributed by atoms with Gasteiger partial charge in [-0.1, -0.05) is 18.2 Å². The maximum absolute atomic E-state index is 11.3. The van der Waals surface area contributed by atoms with E-state index in [0.717, 1.165) is 5.69 Å². The molecule has 0 radical (unpaired) electrons. The summed E-state index contributed by atoms with van der Waals surface area (Å²) in [5, 5.41) is 12.4. The maximum atomic E-state index is 11.3. The highest BCUT2D eigenvalue weighted by Crippen LogP contribution is 2.34. The molecule has 0 unspecified atom stereocenters. The Morgan fingerprint density at radius 1 is 1.05 bits per heavy atom. The second kappa shape index (κ2) is 5.97. The van der Waals surface area contributed by atoms with E-state index in [-0.39, 0.29) is 5.56 Å². The molecule has 0 fully saturated rings. The number of methoxy groups -OCH3 is 2. The first-order valence-electron chi connectivity index (χ1n) is 5.97. The number of para-hydroxylation sites is 1. The standard InChI is InChI=1S/C15H15NO4/c1-19-13-8-11(15(17)18)12(9-14(13)20-2)16-10-6-4-3-5-7-10/h3-9,16H,1-2H3,(H,17,18). The van der Waals surface area contributed by atoms with Gasteiger partial charge in [0.15, 0.2) is 11.5 Å². The van der Waals surface area contributed by atoms with Crippen LogP contribution in [0.5, 0.6) is 11.5 Å². The molecule has 20 heavy (non-hydrogen) atoms. The lowest BCUT2D eigenvalue weighted by atomic mass is 10.1. The van der Waals surface area contributed by atoms with Crippen LogP contribution < -0.4 is 14.8 Å². The van der Waals surface area contributed by atoms with Crippen molar-refractivity contribution in [2.24, 2.45) is 0 Å². The third kappa shape index (κ3) is 2.83. The number of benzene rings is 2. The fourth-order valence-corrected chi connectivity index (χ4v) is 1.84. The van der Waals surface area contributed by atoms with Crippen LogP contribution in [0.4, 0.5) is 11.4 Å². The fourth-order valence-electron chi connectivity index (χ4n) is 1.84. The number of ether oxygens (including phenoxy) is 2. The summed E-state index contributed by atoms with van der Waals surface area (Å²) in [4.78, 5) is 11.3. The maximum Gasteiger partial charge on any atom is 0.337 e. The predicted octanol–water partition coefficient (Wildman–Crippen LogP) is 3.15.